The van der Waals surface area contributed by atoms with Crippen LogP contribution < -0.4 is 9.62 Å². The molecule has 0 spiro atoms. The minimum absolute atomic E-state index is 0.0731. The van der Waals surface area contributed by atoms with Crippen LogP contribution in [0.15, 0.2) is 47.4 Å². The van der Waals surface area contributed by atoms with Crippen molar-refractivity contribution in [3.8, 4) is 0 Å². The van der Waals surface area contributed by atoms with Crippen LogP contribution in [0.4, 0.5) is 11.4 Å². The lowest BCUT2D eigenvalue weighted by atomic mass is 10.1. The van der Waals surface area contributed by atoms with Gasteiger partial charge < -0.3 is 14.4 Å². The Hall–Kier alpha value is -1.67. The number of carbonyl (C=O) groups is 1. The molecular formula is C27H39N3O2S2. The summed E-state index contributed by atoms with van der Waals surface area (Å²) in [6.45, 7) is 6.48. The van der Waals surface area contributed by atoms with Crippen molar-refractivity contribution in [2.45, 2.75) is 50.5 Å². The van der Waals surface area contributed by atoms with Crippen LogP contribution in [-0.4, -0.2) is 56.2 Å². The number of carbonyl (C=O) groups excluding carboxylic acids is 1. The fraction of sp³-hybridized carbons (Fsp3) is 0.519. The molecule has 34 heavy (non-hydrogen) atoms. The largest absolute Gasteiger partial charge is 0.379 e. The molecule has 0 aliphatic carbocycles. The number of nitrogens with zero attached hydrogens (tertiary/aromatic N) is 2. The molecule has 0 radical (unpaired) electrons. The van der Waals surface area contributed by atoms with E-state index in [0.29, 0.717) is 5.56 Å². The third-order valence-electron chi connectivity index (χ3n) is 6.06. The molecule has 2 aromatic carbocycles. The summed E-state index contributed by atoms with van der Waals surface area (Å²) < 4.78 is 7.50. The number of thioether (sulfide) groups is 1. The third kappa shape index (κ3) is 8.52. The summed E-state index contributed by atoms with van der Waals surface area (Å²) in [5.74, 6) is 1.08. The second kappa shape index (κ2) is 14.7. The van der Waals surface area contributed by atoms with Gasteiger partial charge in [-0.15, -0.1) is 11.8 Å². The van der Waals surface area contributed by atoms with E-state index < -0.39 is 0 Å². The number of anilines is 2. The summed E-state index contributed by atoms with van der Waals surface area (Å²) in [5, 5.41) is 3.11. The van der Waals surface area contributed by atoms with E-state index in [9.17, 15) is 4.79 Å². The maximum Gasteiger partial charge on any atom is 0.257 e. The first-order valence-electron chi connectivity index (χ1n) is 12.4. The van der Waals surface area contributed by atoms with Gasteiger partial charge in [0.2, 0.25) is 0 Å². The van der Waals surface area contributed by atoms with Crippen LogP contribution in [0, 0.1) is 0 Å². The Kier molecular flexibility index (Phi) is 11.6. The Balaban J connectivity index is 1.62. The van der Waals surface area contributed by atoms with Gasteiger partial charge in [-0.05, 0) is 54.1 Å². The normalized spacial score (nSPS) is 14.2. The molecule has 1 saturated heterocycles. The molecule has 0 bridgehead atoms. The SMILES string of the molecule is CCCCCCCSc1ccc(NC(=O)c2cc(CN3CCOCC3)ccc2N(C)SC)cc1. The van der Waals surface area contributed by atoms with Crippen LogP contribution in [0.1, 0.15) is 54.9 Å². The van der Waals surface area contributed by atoms with Crippen LogP contribution in [0.5, 0.6) is 0 Å². The van der Waals surface area contributed by atoms with Crippen LogP contribution in [0.2, 0.25) is 0 Å². The van der Waals surface area contributed by atoms with Gasteiger partial charge in [0.05, 0.1) is 24.5 Å². The van der Waals surface area contributed by atoms with Crippen molar-refractivity contribution in [3.63, 3.8) is 0 Å². The molecule has 2 aromatic rings. The third-order valence-corrected chi connectivity index (χ3v) is 7.90. The van der Waals surface area contributed by atoms with E-state index >= 15 is 0 Å². The number of unbranched alkanes of at least 4 members (excludes halogenated alkanes) is 4. The van der Waals surface area contributed by atoms with Gasteiger partial charge in [-0.1, -0.05) is 50.6 Å². The highest BCUT2D eigenvalue weighted by Crippen LogP contribution is 2.28. The summed E-state index contributed by atoms with van der Waals surface area (Å²) in [5.41, 5.74) is 3.60. The maximum atomic E-state index is 13.3. The zero-order valence-corrected chi connectivity index (χ0v) is 22.5. The van der Waals surface area contributed by atoms with Gasteiger partial charge in [0.15, 0.2) is 0 Å². The van der Waals surface area contributed by atoms with Crippen molar-refractivity contribution in [3.05, 3.63) is 53.6 Å². The Labute approximate surface area is 214 Å². The quantitative estimate of drug-likeness (QED) is 0.191. The molecule has 1 fully saturated rings. The van der Waals surface area contributed by atoms with E-state index in [4.69, 9.17) is 4.74 Å². The number of amides is 1. The molecule has 186 valence electrons. The second-order valence-electron chi connectivity index (χ2n) is 8.66. The minimum Gasteiger partial charge on any atom is -0.379 e. The number of morpholine rings is 1. The van der Waals surface area contributed by atoms with E-state index in [2.05, 4.69) is 41.4 Å². The predicted molar refractivity (Wildman–Crippen MR) is 148 cm³/mol. The molecular weight excluding hydrogens is 462 g/mol. The monoisotopic (exact) mass is 501 g/mol. The van der Waals surface area contributed by atoms with Gasteiger partial charge in [0, 0.05) is 43.5 Å². The van der Waals surface area contributed by atoms with E-state index in [1.807, 2.05) is 47.6 Å². The Morgan fingerprint density at radius 2 is 1.79 bits per heavy atom. The molecule has 0 aromatic heterocycles. The summed E-state index contributed by atoms with van der Waals surface area (Å²) in [6, 6.07) is 14.4. The minimum atomic E-state index is -0.0731. The zero-order valence-electron chi connectivity index (χ0n) is 20.8. The number of hydrogen-bond donors (Lipinski definition) is 1. The second-order valence-corrected chi connectivity index (χ2v) is 10.7. The van der Waals surface area contributed by atoms with Gasteiger partial charge in [-0.25, -0.2) is 0 Å². The van der Waals surface area contributed by atoms with Crippen LogP contribution in [0.3, 0.4) is 0 Å². The summed E-state index contributed by atoms with van der Waals surface area (Å²) in [7, 11) is 1.99. The zero-order chi connectivity index (χ0) is 24.2. The van der Waals surface area contributed by atoms with E-state index in [0.717, 1.165) is 55.5 Å². The molecule has 1 aliphatic heterocycles. The first-order valence-corrected chi connectivity index (χ1v) is 14.5. The van der Waals surface area contributed by atoms with Gasteiger partial charge in [0.1, 0.15) is 0 Å². The van der Waals surface area contributed by atoms with Crippen molar-refractivity contribution in [2.24, 2.45) is 0 Å². The number of rotatable bonds is 13. The first-order chi connectivity index (χ1) is 16.6. The summed E-state index contributed by atoms with van der Waals surface area (Å²) in [6.07, 6.45) is 8.55. The van der Waals surface area contributed by atoms with Crippen LogP contribution >= 0.6 is 23.7 Å². The maximum absolute atomic E-state index is 13.3. The number of ether oxygens (including phenoxy) is 1. The molecule has 3 rings (SSSR count). The van der Waals surface area contributed by atoms with Gasteiger partial charge in [-0.2, -0.15) is 0 Å². The van der Waals surface area contributed by atoms with Crippen molar-refractivity contribution in [2.75, 3.05) is 55.0 Å². The lowest BCUT2D eigenvalue weighted by Crippen LogP contribution is -2.35. The van der Waals surface area contributed by atoms with E-state index in [1.165, 1.54) is 37.0 Å². The van der Waals surface area contributed by atoms with E-state index in [1.54, 1.807) is 11.9 Å². The van der Waals surface area contributed by atoms with Crippen molar-refractivity contribution < 1.29 is 9.53 Å². The molecule has 1 aliphatic rings. The van der Waals surface area contributed by atoms with Gasteiger partial charge in [-0.3, -0.25) is 9.69 Å². The topological polar surface area (TPSA) is 44.8 Å². The molecule has 1 amide bonds. The molecule has 1 N–H and O–H groups in total. The van der Waals surface area contributed by atoms with E-state index in [-0.39, 0.29) is 5.91 Å². The Morgan fingerprint density at radius 1 is 1.06 bits per heavy atom. The highest BCUT2D eigenvalue weighted by atomic mass is 32.2. The first kappa shape index (κ1) is 26.9. The smallest absolute Gasteiger partial charge is 0.257 e. The molecule has 1 heterocycles. The van der Waals surface area contributed by atoms with Crippen molar-refractivity contribution in [1.29, 1.82) is 0 Å². The molecule has 0 unspecified atom stereocenters. The number of hydrogen-bond acceptors (Lipinski definition) is 6. The lowest BCUT2D eigenvalue weighted by Gasteiger charge is -2.27. The Bertz CT molecular complexity index is 886. The summed E-state index contributed by atoms with van der Waals surface area (Å²) >= 11 is 3.49. The molecule has 0 saturated carbocycles. The fourth-order valence-corrected chi connectivity index (χ4v) is 5.25. The molecule has 5 nitrogen and oxygen atoms in total. The number of benzene rings is 2. The number of nitrogens with one attached hydrogen (secondary N) is 1. The highest BCUT2D eigenvalue weighted by molar-refractivity contribution is 8.00. The molecule has 7 heteroatoms. The summed E-state index contributed by atoms with van der Waals surface area (Å²) in [4.78, 5) is 16.9. The van der Waals surface area contributed by atoms with Crippen LogP contribution in [0.25, 0.3) is 0 Å². The van der Waals surface area contributed by atoms with Crippen molar-refractivity contribution in [1.82, 2.24) is 4.90 Å². The Morgan fingerprint density at radius 3 is 2.50 bits per heavy atom. The highest BCUT2D eigenvalue weighted by Gasteiger charge is 2.18. The van der Waals surface area contributed by atoms with Crippen LogP contribution in [-0.2, 0) is 11.3 Å². The van der Waals surface area contributed by atoms with Gasteiger partial charge >= 0.3 is 0 Å². The average Bonchev–Trinajstić information content (AvgIpc) is 2.87. The molecule has 0 atom stereocenters. The van der Waals surface area contributed by atoms with Gasteiger partial charge in [0.25, 0.3) is 5.91 Å². The average molecular weight is 502 g/mol. The predicted octanol–water partition coefficient (Wildman–Crippen LogP) is 6.55. The fourth-order valence-electron chi connectivity index (χ4n) is 3.98. The standard InChI is InChI=1S/C27H39N3O2S2/c1-4-5-6-7-8-19-34-24-12-10-23(11-13-24)28-27(31)25-20-22(9-14-26(25)29(2)33-3)21-30-15-17-32-18-16-30/h9-14,20H,4-8,15-19,21H2,1-3H3,(H,28,31). The van der Waals surface area contributed by atoms with Crippen molar-refractivity contribution >= 4 is 41.0 Å². The lowest BCUT2D eigenvalue weighted by molar-refractivity contribution is 0.0342.